The highest BCUT2D eigenvalue weighted by Crippen LogP contribution is 2.21. The summed E-state index contributed by atoms with van der Waals surface area (Å²) in [5.74, 6) is 0. The van der Waals surface area contributed by atoms with E-state index < -0.39 is 0 Å². The molecule has 0 aromatic carbocycles. The van der Waals surface area contributed by atoms with Crippen molar-refractivity contribution in [3.05, 3.63) is 28.5 Å². The molecule has 0 radical (unpaired) electrons. The van der Waals surface area contributed by atoms with Gasteiger partial charge in [0.2, 0.25) is 0 Å². The predicted molar refractivity (Wildman–Crippen MR) is 67.2 cm³/mol. The Bertz CT molecular complexity index is 333. The van der Waals surface area contributed by atoms with E-state index in [1.165, 1.54) is 6.42 Å². The van der Waals surface area contributed by atoms with Gasteiger partial charge in [0.25, 0.3) is 0 Å². The molecule has 16 heavy (non-hydrogen) atoms. The van der Waals surface area contributed by atoms with Crippen LogP contribution >= 0.6 is 15.9 Å². The van der Waals surface area contributed by atoms with Gasteiger partial charge in [-0.05, 0) is 54.4 Å². The Hall–Kier alpha value is -0.450. The van der Waals surface area contributed by atoms with Crippen molar-refractivity contribution in [3.8, 4) is 0 Å². The van der Waals surface area contributed by atoms with Gasteiger partial charge in [-0.1, -0.05) is 0 Å². The van der Waals surface area contributed by atoms with Gasteiger partial charge in [-0.15, -0.1) is 0 Å². The first-order valence-electron chi connectivity index (χ1n) is 5.63. The van der Waals surface area contributed by atoms with Gasteiger partial charge in [0.05, 0.1) is 17.9 Å². The van der Waals surface area contributed by atoms with Crippen molar-refractivity contribution in [1.82, 2.24) is 10.3 Å². The van der Waals surface area contributed by atoms with Crippen LogP contribution in [0.5, 0.6) is 0 Å². The second kappa shape index (κ2) is 5.25. The topological polar surface area (TPSA) is 34.1 Å². The van der Waals surface area contributed by atoms with Crippen LogP contribution in [0.4, 0.5) is 0 Å². The summed E-state index contributed by atoms with van der Waals surface area (Å²) in [6.07, 6.45) is 4.11. The molecule has 4 heteroatoms. The molecule has 1 N–H and O–H groups in total. The zero-order chi connectivity index (χ0) is 11.4. The Morgan fingerprint density at radius 2 is 2.44 bits per heavy atom. The van der Waals surface area contributed by atoms with Crippen molar-refractivity contribution in [2.45, 2.75) is 32.0 Å². The summed E-state index contributed by atoms with van der Waals surface area (Å²) in [5.41, 5.74) is 0.947. The Balaban J connectivity index is 1.88. The number of pyridine rings is 1. The van der Waals surface area contributed by atoms with Crippen LogP contribution in [-0.2, 0) is 11.3 Å². The minimum atomic E-state index is -0.0347. The molecule has 2 heterocycles. The molecule has 0 amide bonds. The lowest BCUT2D eigenvalue weighted by Crippen LogP contribution is -2.45. The fraction of sp³-hybridized carbons (Fsp3) is 0.583. The van der Waals surface area contributed by atoms with Crippen molar-refractivity contribution >= 4 is 15.9 Å². The first-order chi connectivity index (χ1) is 7.68. The van der Waals surface area contributed by atoms with Gasteiger partial charge in [-0.25, -0.2) is 0 Å². The zero-order valence-electron chi connectivity index (χ0n) is 9.50. The molecule has 88 valence electrons. The molecule has 1 unspecified atom stereocenters. The summed E-state index contributed by atoms with van der Waals surface area (Å²) in [5, 5.41) is 3.37. The lowest BCUT2D eigenvalue weighted by atomic mass is 9.96. The van der Waals surface area contributed by atoms with Crippen LogP contribution in [0, 0.1) is 0 Å². The standard InChI is InChI=1S/C12H17BrN2O/c1-12(5-2-6-14-9-12)16-8-11-4-3-10(13)7-15-11/h3-4,7,14H,2,5-6,8-9H2,1H3. The highest BCUT2D eigenvalue weighted by molar-refractivity contribution is 9.10. The fourth-order valence-electron chi connectivity index (χ4n) is 1.89. The normalized spacial score (nSPS) is 25.6. The molecule has 0 spiro atoms. The zero-order valence-corrected chi connectivity index (χ0v) is 11.1. The van der Waals surface area contributed by atoms with E-state index in [-0.39, 0.29) is 5.60 Å². The SMILES string of the molecule is CC1(OCc2ccc(Br)cn2)CCCNC1. The number of nitrogens with zero attached hydrogens (tertiary/aromatic N) is 1. The molecule has 0 aliphatic carbocycles. The first kappa shape index (κ1) is 12.0. The number of nitrogens with one attached hydrogen (secondary N) is 1. The maximum absolute atomic E-state index is 5.96. The third-order valence-electron chi connectivity index (χ3n) is 2.92. The number of piperidine rings is 1. The minimum absolute atomic E-state index is 0.0347. The van der Waals surface area contributed by atoms with Crippen LogP contribution < -0.4 is 5.32 Å². The number of ether oxygens (including phenoxy) is 1. The molecule has 3 nitrogen and oxygen atoms in total. The Morgan fingerprint density at radius 3 is 3.06 bits per heavy atom. The maximum atomic E-state index is 5.96. The molecule has 0 saturated carbocycles. The third kappa shape index (κ3) is 3.27. The van der Waals surface area contributed by atoms with E-state index in [4.69, 9.17) is 4.74 Å². The predicted octanol–water partition coefficient (Wildman–Crippen LogP) is 2.50. The maximum Gasteiger partial charge on any atom is 0.0895 e. The lowest BCUT2D eigenvalue weighted by molar-refractivity contribution is -0.0583. The molecule has 1 saturated heterocycles. The number of hydrogen-bond donors (Lipinski definition) is 1. The third-order valence-corrected chi connectivity index (χ3v) is 3.38. The summed E-state index contributed by atoms with van der Waals surface area (Å²) < 4.78 is 6.96. The average Bonchev–Trinajstić information content (AvgIpc) is 2.29. The smallest absolute Gasteiger partial charge is 0.0895 e. The van der Waals surface area contributed by atoms with Gasteiger partial charge in [-0.3, -0.25) is 4.98 Å². The van der Waals surface area contributed by atoms with Gasteiger partial charge in [0, 0.05) is 17.2 Å². The lowest BCUT2D eigenvalue weighted by Gasteiger charge is -2.34. The molecule has 1 atom stereocenters. The Kier molecular flexibility index (Phi) is 3.95. The molecule has 0 bridgehead atoms. The van der Waals surface area contributed by atoms with Crippen molar-refractivity contribution in [2.75, 3.05) is 13.1 Å². The van der Waals surface area contributed by atoms with Gasteiger partial charge in [0.1, 0.15) is 0 Å². The molecule has 1 aliphatic heterocycles. The van der Waals surface area contributed by atoms with Gasteiger partial charge >= 0.3 is 0 Å². The van der Waals surface area contributed by atoms with Crippen LogP contribution in [0.1, 0.15) is 25.5 Å². The molecular weight excluding hydrogens is 268 g/mol. The van der Waals surface area contributed by atoms with E-state index in [9.17, 15) is 0 Å². The molecule has 2 rings (SSSR count). The molecule has 1 fully saturated rings. The van der Waals surface area contributed by atoms with E-state index in [2.05, 4.69) is 33.2 Å². The number of hydrogen-bond acceptors (Lipinski definition) is 3. The summed E-state index contributed by atoms with van der Waals surface area (Å²) in [4.78, 5) is 4.30. The summed E-state index contributed by atoms with van der Waals surface area (Å²) in [6, 6.07) is 3.98. The van der Waals surface area contributed by atoms with Gasteiger partial charge < -0.3 is 10.1 Å². The Morgan fingerprint density at radius 1 is 1.56 bits per heavy atom. The molecular formula is C12H17BrN2O. The molecule has 1 aliphatic rings. The molecule has 1 aromatic rings. The van der Waals surface area contributed by atoms with E-state index in [0.717, 1.165) is 29.7 Å². The van der Waals surface area contributed by atoms with E-state index in [0.29, 0.717) is 6.61 Å². The summed E-state index contributed by atoms with van der Waals surface area (Å²) >= 11 is 3.37. The number of aromatic nitrogens is 1. The van der Waals surface area contributed by atoms with Crippen molar-refractivity contribution < 1.29 is 4.74 Å². The van der Waals surface area contributed by atoms with Crippen LogP contribution in [0.3, 0.4) is 0 Å². The van der Waals surface area contributed by atoms with Gasteiger partial charge in [-0.2, -0.15) is 0 Å². The summed E-state index contributed by atoms with van der Waals surface area (Å²) in [6.45, 7) is 4.79. The molecule has 1 aromatic heterocycles. The summed E-state index contributed by atoms with van der Waals surface area (Å²) in [7, 11) is 0. The highest BCUT2D eigenvalue weighted by Gasteiger charge is 2.27. The van der Waals surface area contributed by atoms with Crippen LogP contribution in [0.15, 0.2) is 22.8 Å². The largest absolute Gasteiger partial charge is 0.368 e. The first-order valence-corrected chi connectivity index (χ1v) is 6.42. The second-order valence-corrected chi connectivity index (χ2v) is 5.40. The second-order valence-electron chi connectivity index (χ2n) is 4.49. The van der Waals surface area contributed by atoms with E-state index in [1.54, 1.807) is 6.20 Å². The quantitative estimate of drug-likeness (QED) is 0.926. The van der Waals surface area contributed by atoms with Crippen LogP contribution in [-0.4, -0.2) is 23.7 Å². The van der Waals surface area contributed by atoms with E-state index >= 15 is 0 Å². The monoisotopic (exact) mass is 284 g/mol. The van der Waals surface area contributed by atoms with E-state index in [1.807, 2.05) is 12.1 Å². The Labute approximate surface area is 105 Å². The number of halogens is 1. The van der Waals surface area contributed by atoms with Crippen LogP contribution in [0.2, 0.25) is 0 Å². The van der Waals surface area contributed by atoms with Crippen molar-refractivity contribution in [3.63, 3.8) is 0 Å². The van der Waals surface area contributed by atoms with Crippen LogP contribution in [0.25, 0.3) is 0 Å². The average molecular weight is 285 g/mol. The van der Waals surface area contributed by atoms with Crippen molar-refractivity contribution in [2.24, 2.45) is 0 Å². The minimum Gasteiger partial charge on any atom is -0.368 e. The highest BCUT2D eigenvalue weighted by atomic mass is 79.9. The fourth-order valence-corrected chi connectivity index (χ4v) is 2.13. The van der Waals surface area contributed by atoms with Crippen molar-refractivity contribution in [1.29, 1.82) is 0 Å². The van der Waals surface area contributed by atoms with Gasteiger partial charge in [0.15, 0.2) is 0 Å². The number of rotatable bonds is 3.